The van der Waals surface area contributed by atoms with Crippen LogP contribution in [0, 0.1) is 21.7 Å². The molecule has 0 spiro atoms. The third-order valence-electron chi connectivity index (χ3n) is 5.49. The monoisotopic (exact) mass is 462 g/mol. The van der Waals surface area contributed by atoms with Crippen molar-refractivity contribution < 1.29 is 18.1 Å². The second-order valence-corrected chi connectivity index (χ2v) is 7.60. The van der Waals surface area contributed by atoms with E-state index in [2.05, 4.69) is 9.97 Å². The molecule has 0 aliphatic carbocycles. The largest absolute Gasteiger partial charge is 0.469 e. The van der Waals surface area contributed by atoms with Crippen LogP contribution >= 0.6 is 0 Å². The molecule has 1 aromatic heterocycles. The van der Waals surface area contributed by atoms with Crippen LogP contribution in [0.4, 0.5) is 14.5 Å². The number of hydrogen-bond acceptors (Lipinski definition) is 5. The van der Waals surface area contributed by atoms with Gasteiger partial charge in [0.15, 0.2) is 5.82 Å². The van der Waals surface area contributed by atoms with Crippen molar-refractivity contribution >= 4 is 5.69 Å². The summed E-state index contributed by atoms with van der Waals surface area (Å²) in [5, 5.41) is 11.2. The van der Waals surface area contributed by atoms with E-state index in [1.807, 2.05) is 0 Å². The molecule has 1 N–H and O–H groups in total. The summed E-state index contributed by atoms with van der Waals surface area (Å²) >= 11 is 0. The van der Waals surface area contributed by atoms with Crippen LogP contribution in [0.5, 0.6) is 0 Å². The molecule has 170 valence electrons. The molecule has 2 aliphatic heterocycles. The number of furan rings is 1. The highest BCUT2D eigenvalue weighted by molar-refractivity contribution is 5.66. The number of imidazole rings is 1. The van der Waals surface area contributed by atoms with Gasteiger partial charge in [-0.2, -0.15) is 4.39 Å². The number of aromatic nitrogens is 3. The van der Waals surface area contributed by atoms with Gasteiger partial charge in [-0.05, 0) is 29.8 Å². The summed E-state index contributed by atoms with van der Waals surface area (Å²) in [6.45, 7) is 0. The maximum absolute atomic E-state index is 15.0. The topological polar surface area (TPSA) is 107 Å². The molecule has 0 bridgehead atoms. The molecule has 8 nitrogen and oxygen atoms in total. The zero-order chi connectivity index (χ0) is 23.8. The van der Waals surface area contributed by atoms with E-state index in [9.17, 15) is 19.3 Å². The van der Waals surface area contributed by atoms with Gasteiger partial charge in [0.25, 0.3) is 5.56 Å². The first-order valence-corrected chi connectivity index (χ1v) is 10.2. The lowest BCUT2D eigenvalue weighted by atomic mass is 10.1. The lowest BCUT2D eigenvalue weighted by Crippen LogP contribution is -2.20. The molecule has 3 aromatic rings. The summed E-state index contributed by atoms with van der Waals surface area (Å²) in [5.41, 5.74) is -0.416. The maximum Gasteiger partial charge on any atom is 0.305 e. The van der Waals surface area contributed by atoms with Gasteiger partial charge in [-0.15, -0.1) is 0 Å². The smallest absolute Gasteiger partial charge is 0.305 e. The predicted octanol–water partition coefficient (Wildman–Crippen LogP) is 4.63. The molecule has 0 fully saturated rings. The molecule has 5 rings (SSSR count). The highest BCUT2D eigenvalue weighted by atomic mass is 19.1. The first-order chi connectivity index (χ1) is 16.4. The molecule has 0 saturated carbocycles. The third-order valence-corrected chi connectivity index (χ3v) is 5.49. The van der Waals surface area contributed by atoms with Crippen molar-refractivity contribution in [1.82, 2.24) is 14.5 Å². The highest BCUT2D eigenvalue weighted by Gasteiger charge is 2.27. The van der Waals surface area contributed by atoms with Crippen molar-refractivity contribution in [1.29, 1.82) is 0 Å². The predicted molar refractivity (Wildman–Crippen MR) is 118 cm³/mol. The summed E-state index contributed by atoms with van der Waals surface area (Å²) in [7, 11) is 0. The normalized spacial score (nSPS) is 11.2. The van der Waals surface area contributed by atoms with E-state index >= 15 is 4.39 Å². The van der Waals surface area contributed by atoms with E-state index in [4.69, 9.17) is 4.42 Å². The average molecular weight is 462 g/mol. The fraction of sp³-hybridized carbons (Fsp3) is 0.0833. The number of nitrogens with one attached hydrogen (secondary N) is 1. The number of H-pyrrole nitrogens is 1. The molecule has 0 atom stereocenters. The number of nitro benzene ring substituents is 1. The van der Waals surface area contributed by atoms with Crippen LogP contribution < -0.4 is 5.56 Å². The number of nitro groups is 1. The van der Waals surface area contributed by atoms with Crippen molar-refractivity contribution in [3.8, 4) is 17.1 Å². The number of nitrogens with zero attached hydrogens (tertiary/aromatic N) is 3. The van der Waals surface area contributed by atoms with E-state index in [1.165, 1.54) is 35.2 Å². The number of aromatic amines is 1. The number of rotatable bonds is 6. The van der Waals surface area contributed by atoms with Gasteiger partial charge >= 0.3 is 5.69 Å². The average Bonchev–Trinajstić information content (AvgIpc) is 3.45. The molecule has 3 heterocycles. The van der Waals surface area contributed by atoms with Gasteiger partial charge in [-0.3, -0.25) is 19.5 Å². The molecule has 2 aromatic carbocycles. The summed E-state index contributed by atoms with van der Waals surface area (Å²) in [6, 6.07) is 13.3. The fourth-order valence-corrected chi connectivity index (χ4v) is 3.87. The van der Waals surface area contributed by atoms with Crippen LogP contribution in [0.1, 0.15) is 22.7 Å². The van der Waals surface area contributed by atoms with E-state index in [0.717, 1.165) is 6.07 Å². The Morgan fingerprint density at radius 2 is 1.88 bits per heavy atom. The van der Waals surface area contributed by atoms with Crippen molar-refractivity contribution in [2.75, 3.05) is 0 Å². The summed E-state index contributed by atoms with van der Waals surface area (Å²) in [6.07, 6.45) is 3.01. The van der Waals surface area contributed by atoms with Gasteiger partial charge in [-0.25, -0.2) is 9.37 Å². The second-order valence-electron chi connectivity index (χ2n) is 7.60. The molecular formula is C24H16F2N4O4. The van der Waals surface area contributed by atoms with E-state index < -0.39 is 27.8 Å². The SMILES string of the molecule is O=c1c(Cc2ccco2)nc2c(Cc3ccccc3F)[nH]cc(-c3cccc([N+](=O)[O-])c3F)n1-2. The lowest BCUT2D eigenvalue weighted by molar-refractivity contribution is -0.387. The minimum absolute atomic E-state index is 0.0525. The molecular weight excluding hydrogens is 446 g/mol. The number of halogens is 2. The summed E-state index contributed by atoms with van der Waals surface area (Å²) in [5.74, 6) is -0.835. The zero-order valence-corrected chi connectivity index (χ0v) is 17.5. The molecule has 0 amide bonds. The van der Waals surface area contributed by atoms with Gasteiger partial charge < -0.3 is 9.40 Å². The van der Waals surface area contributed by atoms with Crippen molar-refractivity contribution in [3.05, 3.63) is 122 Å². The summed E-state index contributed by atoms with van der Waals surface area (Å²) in [4.78, 5) is 31.2. The highest BCUT2D eigenvalue weighted by Crippen LogP contribution is 2.31. The van der Waals surface area contributed by atoms with Crippen molar-refractivity contribution in [2.24, 2.45) is 0 Å². The van der Waals surface area contributed by atoms with Gasteiger partial charge in [0.05, 0.1) is 29.0 Å². The van der Waals surface area contributed by atoms with Crippen LogP contribution in [0.2, 0.25) is 0 Å². The number of benzene rings is 2. The van der Waals surface area contributed by atoms with Crippen LogP contribution in [0.25, 0.3) is 17.1 Å². The minimum atomic E-state index is -1.08. The minimum Gasteiger partial charge on any atom is -0.469 e. The maximum atomic E-state index is 15.0. The van der Waals surface area contributed by atoms with E-state index in [1.54, 1.807) is 30.3 Å². The van der Waals surface area contributed by atoms with Gasteiger partial charge in [0.2, 0.25) is 5.82 Å². The standard InChI is InChI=1S/C24H16F2N4O4/c25-17-8-2-1-5-14(17)11-18-23-28-19(12-15-6-4-10-34-15)24(31)29(23)21(13-27-18)16-7-3-9-20(22(16)26)30(32)33/h1-10,13,27H,11-12H2. The Morgan fingerprint density at radius 1 is 1.06 bits per heavy atom. The van der Waals surface area contributed by atoms with Gasteiger partial charge in [0, 0.05) is 24.2 Å². The number of fused-ring (bicyclic) bond motifs is 1. The van der Waals surface area contributed by atoms with Crippen LogP contribution in [-0.2, 0) is 12.8 Å². The molecule has 0 radical (unpaired) electrons. The van der Waals surface area contributed by atoms with Crippen molar-refractivity contribution in [3.63, 3.8) is 0 Å². The Kier molecular flexibility index (Phi) is 5.25. The Bertz CT molecular complexity index is 1540. The van der Waals surface area contributed by atoms with Gasteiger partial charge in [0.1, 0.15) is 17.3 Å². The second kappa shape index (κ2) is 8.39. The molecule has 0 unspecified atom stereocenters. The fourth-order valence-electron chi connectivity index (χ4n) is 3.87. The van der Waals surface area contributed by atoms with Crippen molar-refractivity contribution in [2.45, 2.75) is 12.8 Å². The third kappa shape index (κ3) is 3.64. The molecule has 2 aliphatic rings. The first-order valence-electron chi connectivity index (χ1n) is 10.2. The lowest BCUT2D eigenvalue weighted by Gasteiger charge is -2.15. The number of hydrogen-bond donors (Lipinski definition) is 1. The van der Waals surface area contributed by atoms with Crippen LogP contribution in [0.3, 0.4) is 0 Å². The van der Waals surface area contributed by atoms with Crippen LogP contribution in [-0.4, -0.2) is 19.5 Å². The van der Waals surface area contributed by atoms with E-state index in [-0.39, 0.29) is 35.6 Å². The van der Waals surface area contributed by atoms with Gasteiger partial charge in [-0.1, -0.05) is 24.3 Å². The Balaban J connectivity index is 1.72. The first kappa shape index (κ1) is 21.3. The quantitative estimate of drug-likeness (QED) is 0.293. The molecule has 10 heteroatoms. The Hall–Kier alpha value is -4.60. The van der Waals surface area contributed by atoms with E-state index in [0.29, 0.717) is 17.0 Å². The molecule has 0 saturated heterocycles. The Morgan fingerprint density at radius 3 is 2.62 bits per heavy atom. The summed E-state index contributed by atoms with van der Waals surface area (Å²) < 4.78 is 35.8. The zero-order valence-electron chi connectivity index (χ0n) is 17.5. The Labute approximate surface area is 190 Å². The van der Waals surface area contributed by atoms with Crippen LogP contribution in [0.15, 0.2) is 76.3 Å². The molecule has 34 heavy (non-hydrogen) atoms.